The molecule has 5 aromatic rings. The van der Waals surface area contributed by atoms with E-state index in [-0.39, 0.29) is 40.6 Å². The van der Waals surface area contributed by atoms with Gasteiger partial charge in [0.25, 0.3) is 0 Å². The number of rotatable bonds is 6. The molecule has 0 bridgehead atoms. The fraction of sp³-hybridized carbons (Fsp3) is 0.143. The van der Waals surface area contributed by atoms with Crippen LogP contribution < -0.4 is 4.74 Å². The van der Waals surface area contributed by atoms with Gasteiger partial charge in [-0.05, 0) is 53.4 Å². The monoisotopic (exact) mass is 484 g/mol. The Morgan fingerprint density at radius 3 is 2.61 bits per heavy atom. The van der Waals surface area contributed by atoms with Gasteiger partial charge in [-0.1, -0.05) is 30.3 Å². The van der Waals surface area contributed by atoms with Crippen molar-refractivity contribution in [1.29, 1.82) is 0 Å². The molecule has 5 rings (SSSR count). The molecule has 6 nitrogen and oxygen atoms in total. The van der Waals surface area contributed by atoms with E-state index in [2.05, 4.69) is 15.1 Å². The van der Waals surface area contributed by atoms with Gasteiger partial charge in [0.05, 0.1) is 12.7 Å². The molecule has 0 spiro atoms. The highest BCUT2D eigenvalue weighted by atomic mass is 19.1. The molecule has 0 aliphatic rings. The second kappa shape index (κ2) is 9.30. The number of Topliss-reactive ketones (excluding diaryl/α,β-unsaturated/α-hetero) is 1. The van der Waals surface area contributed by atoms with Crippen molar-refractivity contribution in [3.8, 4) is 28.3 Å². The van der Waals surface area contributed by atoms with Crippen molar-refractivity contribution in [3.05, 3.63) is 95.4 Å². The van der Waals surface area contributed by atoms with Crippen LogP contribution in [0.5, 0.6) is 5.75 Å². The van der Waals surface area contributed by atoms with Crippen LogP contribution in [0.2, 0.25) is 0 Å². The SMILES string of the molecule is COc1cccc(F)c1-c1nccc(C(=O)Cc2cc(F)c3nn(C)cc3c2-c2ccccc2C)n1. The molecule has 0 radical (unpaired) electrons. The van der Waals surface area contributed by atoms with Crippen molar-refractivity contribution < 1.29 is 18.3 Å². The first-order valence-electron chi connectivity index (χ1n) is 11.3. The smallest absolute Gasteiger partial charge is 0.185 e. The predicted molar refractivity (Wildman–Crippen MR) is 133 cm³/mol. The van der Waals surface area contributed by atoms with Gasteiger partial charge in [0.1, 0.15) is 22.8 Å². The van der Waals surface area contributed by atoms with E-state index in [4.69, 9.17) is 4.74 Å². The van der Waals surface area contributed by atoms with E-state index in [1.54, 1.807) is 24.0 Å². The van der Waals surface area contributed by atoms with Crippen molar-refractivity contribution in [2.75, 3.05) is 7.11 Å². The zero-order valence-corrected chi connectivity index (χ0v) is 19.9. The molecule has 2 aromatic heterocycles. The molecule has 0 N–H and O–H groups in total. The maximum Gasteiger partial charge on any atom is 0.185 e. The number of nitrogens with zero attached hydrogens (tertiary/aromatic N) is 4. The van der Waals surface area contributed by atoms with E-state index in [1.165, 1.54) is 37.6 Å². The highest BCUT2D eigenvalue weighted by molar-refractivity contribution is 6.02. The first-order valence-corrected chi connectivity index (χ1v) is 11.3. The van der Waals surface area contributed by atoms with E-state index in [1.807, 2.05) is 31.2 Å². The van der Waals surface area contributed by atoms with E-state index < -0.39 is 11.6 Å². The molecule has 0 amide bonds. The molecule has 0 aliphatic heterocycles. The molecule has 0 unspecified atom stereocenters. The Balaban J connectivity index is 1.61. The summed E-state index contributed by atoms with van der Waals surface area (Å²) in [5.41, 5.74) is 3.53. The Kier molecular flexibility index (Phi) is 6.01. The van der Waals surface area contributed by atoms with Gasteiger partial charge in [-0.15, -0.1) is 0 Å². The molecule has 180 valence electrons. The second-order valence-corrected chi connectivity index (χ2v) is 8.46. The summed E-state index contributed by atoms with van der Waals surface area (Å²) in [6.07, 6.45) is 3.03. The number of halogens is 2. The Bertz CT molecular complexity index is 1630. The number of carbonyl (C=O) groups is 1. The van der Waals surface area contributed by atoms with Gasteiger partial charge >= 0.3 is 0 Å². The average molecular weight is 485 g/mol. The molecule has 2 heterocycles. The van der Waals surface area contributed by atoms with E-state index in [0.717, 1.165) is 16.7 Å². The lowest BCUT2D eigenvalue weighted by Crippen LogP contribution is -2.09. The number of hydrogen-bond acceptors (Lipinski definition) is 5. The number of aryl methyl sites for hydroxylation is 2. The molecule has 36 heavy (non-hydrogen) atoms. The maximum absolute atomic E-state index is 15.1. The van der Waals surface area contributed by atoms with Gasteiger partial charge < -0.3 is 4.74 Å². The van der Waals surface area contributed by atoms with Crippen LogP contribution in [0.15, 0.2) is 67.0 Å². The van der Waals surface area contributed by atoms with Gasteiger partial charge in [0, 0.05) is 31.2 Å². The first kappa shape index (κ1) is 23.3. The fourth-order valence-corrected chi connectivity index (χ4v) is 4.41. The lowest BCUT2D eigenvalue weighted by molar-refractivity contribution is 0.0988. The van der Waals surface area contributed by atoms with Crippen molar-refractivity contribution in [3.63, 3.8) is 0 Å². The van der Waals surface area contributed by atoms with E-state index in [0.29, 0.717) is 10.9 Å². The number of aromatic nitrogens is 4. The number of methoxy groups -OCH3 is 1. The third-order valence-electron chi connectivity index (χ3n) is 6.07. The first-order chi connectivity index (χ1) is 17.4. The summed E-state index contributed by atoms with van der Waals surface area (Å²) in [6.45, 7) is 1.96. The molecule has 0 saturated heterocycles. The summed E-state index contributed by atoms with van der Waals surface area (Å²) in [6, 6.07) is 14.9. The number of ether oxygens (including phenoxy) is 1. The summed E-state index contributed by atoms with van der Waals surface area (Å²) < 4.78 is 36.4. The number of benzene rings is 3. The highest BCUT2D eigenvalue weighted by Gasteiger charge is 2.22. The fourth-order valence-electron chi connectivity index (χ4n) is 4.41. The number of carbonyl (C=O) groups excluding carboxylic acids is 1. The summed E-state index contributed by atoms with van der Waals surface area (Å²) in [4.78, 5) is 21.9. The third kappa shape index (κ3) is 4.11. The Morgan fingerprint density at radius 1 is 1.03 bits per heavy atom. The molecular weight excluding hydrogens is 462 g/mol. The van der Waals surface area contributed by atoms with Crippen LogP contribution in [0.3, 0.4) is 0 Å². The Labute approximate surface area is 206 Å². The zero-order valence-electron chi connectivity index (χ0n) is 19.9. The number of ketones is 1. The largest absolute Gasteiger partial charge is 0.496 e. The standard InChI is InChI=1S/C28H22F2N4O2/c1-16-7-4-5-8-18(16)25-17(13-21(30)27-19(25)15-34(2)33-27)14-23(35)22-11-12-31-28(32-22)26-20(29)9-6-10-24(26)36-3/h4-13,15H,14H2,1-3H3. The molecule has 8 heteroatoms. The maximum atomic E-state index is 15.1. The Hall–Kier alpha value is -4.46. The second-order valence-electron chi connectivity index (χ2n) is 8.46. The van der Waals surface area contributed by atoms with E-state index in [9.17, 15) is 9.18 Å². The summed E-state index contributed by atoms with van der Waals surface area (Å²) >= 11 is 0. The number of hydrogen-bond donors (Lipinski definition) is 0. The van der Waals surface area contributed by atoms with Gasteiger partial charge in [0.2, 0.25) is 0 Å². The van der Waals surface area contributed by atoms with Crippen LogP contribution in [0.4, 0.5) is 8.78 Å². The Morgan fingerprint density at radius 2 is 1.83 bits per heavy atom. The third-order valence-corrected chi connectivity index (χ3v) is 6.07. The van der Waals surface area contributed by atoms with E-state index >= 15 is 4.39 Å². The molecule has 0 atom stereocenters. The predicted octanol–water partition coefficient (Wildman–Crippen LogP) is 5.72. The van der Waals surface area contributed by atoms with Gasteiger partial charge in [-0.25, -0.2) is 18.7 Å². The number of fused-ring (bicyclic) bond motifs is 1. The van der Waals surface area contributed by atoms with Crippen LogP contribution in [-0.2, 0) is 13.5 Å². The van der Waals surface area contributed by atoms with Crippen LogP contribution in [0.1, 0.15) is 21.6 Å². The van der Waals surface area contributed by atoms with Crippen molar-refractivity contribution >= 4 is 16.7 Å². The molecule has 0 fully saturated rings. The molecular formula is C28H22F2N4O2. The lowest BCUT2D eigenvalue weighted by Gasteiger charge is -2.14. The van der Waals surface area contributed by atoms with Crippen LogP contribution in [0, 0.1) is 18.6 Å². The minimum atomic E-state index is -0.565. The van der Waals surface area contributed by atoms with Gasteiger partial charge in [-0.3, -0.25) is 9.48 Å². The summed E-state index contributed by atoms with van der Waals surface area (Å²) in [7, 11) is 3.15. The van der Waals surface area contributed by atoms with Crippen molar-refractivity contribution in [2.45, 2.75) is 13.3 Å². The van der Waals surface area contributed by atoms with Gasteiger partial charge in [0.15, 0.2) is 17.4 Å². The van der Waals surface area contributed by atoms with Crippen LogP contribution >= 0.6 is 0 Å². The topological polar surface area (TPSA) is 69.9 Å². The minimum absolute atomic E-state index is 0.0313. The van der Waals surface area contributed by atoms with Crippen LogP contribution in [0.25, 0.3) is 33.4 Å². The summed E-state index contributed by atoms with van der Waals surface area (Å²) in [5.74, 6) is -1.14. The normalized spacial score (nSPS) is 11.1. The van der Waals surface area contributed by atoms with Crippen molar-refractivity contribution in [2.24, 2.45) is 7.05 Å². The minimum Gasteiger partial charge on any atom is -0.496 e. The molecule has 3 aromatic carbocycles. The zero-order chi connectivity index (χ0) is 25.4. The van der Waals surface area contributed by atoms with Gasteiger partial charge in [-0.2, -0.15) is 5.10 Å². The quantitative estimate of drug-likeness (QED) is 0.289. The van der Waals surface area contributed by atoms with Crippen LogP contribution in [-0.4, -0.2) is 32.6 Å². The lowest BCUT2D eigenvalue weighted by atomic mass is 9.90. The average Bonchev–Trinajstić information content (AvgIpc) is 3.26. The summed E-state index contributed by atoms with van der Waals surface area (Å²) in [5, 5.41) is 4.88. The highest BCUT2D eigenvalue weighted by Crippen LogP contribution is 2.36. The van der Waals surface area contributed by atoms with Crippen molar-refractivity contribution in [1.82, 2.24) is 19.7 Å². The molecule has 0 aliphatic carbocycles. The molecule has 0 saturated carbocycles.